The van der Waals surface area contributed by atoms with Gasteiger partial charge in [0.2, 0.25) is 10.0 Å². The summed E-state index contributed by atoms with van der Waals surface area (Å²) in [5.41, 5.74) is 2.35. The smallest absolute Gasteiger partial charge is 0.317 e. The first-order valence-corrected chi connectivity index (χ1v) is 10.3. The second kappa shape index (κ2) is 7.10. The number of aromatic amines is 1. The number of H-pyrrole nitrogens is 1. The maximum atomic E-state index is 12.5. The lowest BCUT2D eigenvalue weighted by molar-refractivity contribution is 0.162. The summed E-state index contributed by atoms with van der Waals surface area (Å²) in [6, 6.07) is 0.0909. The lowest BCUT2D eigenvalue weighted by Crippen LogP contribution is -2.51. The van der Waals surface area contributed by atoms with E-state index < -0.39 is 10.0 Å². The first-order valence-electron chi connectivity index (χ1n) is 8.42. The van der Waals surface area contributed by atoms with Crippen molar-refractivity contribution in [3.05, 3.63) is 17.5 Å². The summed E-state index contributed by atoms with van der Waals surface area (Å²) in [5.74, 6) is 0.172. The third-order valence-corrected chi connectivity index (χ3v) is 5.48. The quantitative estimate of drug-likeness (QED) is 0.719. The molecule has 2 heterocycles. The number of fused-ring (bicyclic) bond motifs is 1. The molecule has 2 atom stereocenters. The Labute approximate surface area is 142 Å². The molecule has 0 spiro atoms. The van der Waals surface area contributed by atoms with Crippen molar-refractivity contribution in [2.45, 2.75) is 38.1 Å². The van der Waals surface area contributed by atoms with E-state index in [0.29, 0.717) is 13.1 Å². The summed E-state index contributed by atoms with van der Waals surface area (Å²) in [7, 11) is -3.18. The Kier molecular flexibility index (Phi) is 5.09. The van der Waals surface area contributed by atoms with Crippen molar-refractivity contribution in [2.24, 2.45) is 5.92 Å². The number of rotatable bonds is 4. The van der Waals surface area contributed by atoms with Crippen LogP contribution in [-0.2, 0) is 22.9 Å². The fourth-order valence-corrected chi connectivity index (χ4v) is 4.03. The molecule has 1 aliphatic carbocycles. The summed E-state index contributed by atoms with van der Waals surface area (Å²) in [4.78, 5) is 14.3. The zero-order valence-electron chi connectivity index (χ0n) is 13.9. The van der Waals surface area contributed by atoms with Gasteiger partial charge in [0.1, 0.15) is 0 Å². The number of urea groups is 1. The lowest BCUT2D eigenvalue weighted by Gasteiger charge is -2.34. The average Bonchev–Trinajstić information content (AvgIpc) is 3.00. The minimum Gasteiger partial charge on any atom is -0.335 e. The highest BCUT2D eigenvalue weighted by Gasteiger charge is 2.27. The number of hydrogen-bond acceptors (Lipinski definition) is 4. The number of piperidine rings is 1. The van der Waals surface area contributed by atoms with E-state index in [1.54, 1.807) is 0 Å². The van der Waals surface area contributed by atoms with Crippen molar-refractivity contribution < 1.29 is 13.2 Å². The first-order chi connectivity index (χ1) is 11.4. The minimum absolute atomic E-state index is 0.0454. The van der Waals surface area contributed by atoms with Gasteiger partial charge >= 0.3 is 6.03 Å². The van der Waals surface area contributed by atoms with E-state index in [4.69, 9.17) is 0 Å². The molecular weight excluding hydrogens is 330 g/mol. The molecule has 0 aromatic carbocycles. The summed E-state index contributed by atoms with van der Waals surface area (Å²) in [6.45, 7) is 1.72. The highest BCUT2D eigenvalue weighted by atomic mass is 32.2. The molecule has 0 saturated carbocycles. The van der Waals surface area contributed by atoms with E-state index in [9.17, 15) is 13.2 Å². The second-order valence-corrected chi connectivity index (χ2v) is 8.67. The number of hydrogen-bond donors (Lipinski definition) is 3. The van der Waals surface area contributed by atoms with Gasteiger partial charge in [0.15, 0.2) is 0 Å². The molecule has 134 valence electrons. The molecular formula is C15H25N5O3S. The summed E-state index contributed by atoms with van der Waals surface area (Å²) in [5, 5.41) is 10.2. The van der Waals surface area contributed by atoms with Gasteiger partial charge in [0.05, 0.1) is 12.5 Å². The average molecular weight is 355 g/mol. The van der Waals surface area contributed by atoms with Gasteiger partial charge in [-0.3, -0.25) is 5.10 Å². The molecule has 1 aliphatic heterocycles. The van der Waals surface area contributed by atoms with Crippen LogP contribution in [0.15, 0.2) is 6.20 Å². The largest absolute Gasteiger partial charge is 0.335 e. The number of carbonyl (C=O) groups is 1. The Hall–Kier alpha value is -1.61. The van der Waals surface area contributed by atoms with Crippen molar-refractivity contribution >= 4 is 16.1 Å². The molecule has 1 fully saturated rings. The highest BCUT2D eigenvalue weighted by molar-refractivity contribution is 7.88. The van der Waals surface area contributed by atoms with Crippen molar-refractivity contribution in [3.8, 4) is 0 Å². The molecule has 2 amide bonds. The Morgan fingerprint density at radius 3 is 3.08 bits per heavy atom. The molecule has 1 aromatic heterocycles. The first kappa shape index (κ1) is 17.2. The number of nitrogens with zero attached hydrogens (tertiary/aromatic N) is 2. The Morgan fingerprint density at radius 2 is 2.29 bits per heavy atom. The number of aryl methyl sites for hydroxylation is 1. The van der Waals surface area contributed by atoms with Crippen LogP contribution in [0.25, 0.3) is 0 Å². The van der Waals surface area contributed by atoms with Gasteiger partial charge in [0.25, 0.3) is 0 Å². The fraction of sp³-hybridized carbons (Fsp3) is 0.733. The van der Waals surface area contributed by atoms with Crippen LogP contribution in [0.1, 0.15) is 30.5 Å². The van der Waals surface area contributed by atoms with Crippen LogP contribution in [0.5, 0.6) is 0 Å². The highest BCUT2D eigenvalue weighted by Crippen LogP contribution is 2.20. The van der Waals surface area contributed by atoms with E-state index in [-0.39, 0.29) is 18.0 Å². The topological polar surface area (TPSA) is 107 Å². The number of likely N-dealkylation sites (tertiary alicyclic amines) is 1. The van der Waals surface area contributed by atoms with Gasteiger partial charge in [-0.25, -0.2) is 17.9 Å². The SMILES string of the molecule is CS(=O)(=O)NCC1CCCN(C(=O)NC2CCc3[nH]ncc3C2)C1. The van der Waals surface area contributed by atoms with Crippen LogP contribution < -0.4 is 10.0 Å². The van der Waals surface area contributed by atoms with E-state index in [1.165, 1.54) is 11.3 Å². The van der Waals surface area contributed by atoms with Crippen LogP contribution in [-0.4, -0.2) is 61.5 Å². The van der Waals surface area contributed by atoms with Gasteiger partial charge < -0.3 is 10.2 Å². The molecule has 1 aromatic rings. The van der Waals surface area contributed by atoms with Crippen LogP contribution >= 0.6 is 0 Å². The van der Waals surface area contributed by atoms with Crippen LogP contribution in [0.3, 0.4) is 0 Å². The summed E-state index contributed by atoms with van der Waals surface area (Å²) < 4.78 is 25.0. The molecule has 2 unspecified atom stereocenters. The van der Waals surface area contributed by atoms with E-state index >= 15 is 0 Å². The molecule has 8 nitrogen and oxygen atoms in total. The molecule has 1 saturated heterocycles. The normalized spacial score (nSPS) is 24.5. The summed E-state index contributed by atoms with van der Waals surface area (Å²) in [6.07, 6.45) is 7.46. The molecule has 24 heavy (non-hydrogen) atoms. The Morgan fingerprint density at radius 1 is 1.46 bits per heavy atom. The van der Waals surface area contributed by atoms with E-state index in [0.717, 1.165) is 44.9 Å². The number of carbonyl (C=O) groups excluding carboxylic acids is 1. The monoisotopic (exact) mass is 355 g/mol. The molecule has 0 radical (unpaired) electrons. The van der Waals surface area contributed by atoms with Gasteiger partial charge in [-0.1, -0.05) is 0 Å². The second-order valence-electron chi connectivity index (χ2n) is 6.84. The predicted octanol–water partition coefficient (Wildman–Crippen LogP) is 0.238. The van der Waals surface area contributed by atoms with Gasteiger partial charge in [0, 0.05) is 31.4 Å². The van der Waals surface area contributed by atoms with Gasteiger partial charge in [-0.2, -0.15) is 5.10 Å². The minimum atomic E-state index is -3.18. The maximum absolute atomic E-state index is 12.5. The molecule has 9 heteroatoms. The van der Waals surface area contributed by atoms with Crippen LogP contribution in [0, 0.1) is 5.92 Å². The number of nitrogens with one attached hydrogen (secondary N) is 3. The lowest BCUT2D eigenvalue weighted by atomic mass is 9.93. The molecule has 3 rings (SSSR count). The van der Waals surface area contributed by atoms with Crippen molar-refractivity contribution in [1.82, 2.24) is 25.1 Å². The fourth-order valence-electron chi connectivity index (χ4n) is 3.49. The van der Waals surface area contributed by atoms with E-state index in [2.05, 4.69) is 20.2 Å². The third kappa shape index (κ3) is 4.47. The zero-order chi connectivity index (χ0) is 17.2. The van der Waals surface area contributed by atoms with Gasteiger partial charge in [-0.15, -0.1) is 0 Å². The zero-order valence-corrected chi connectivity index (χ0v) is 14.7. The van der Waals surface area contributed by atoms with Crippen LogP contribution in [0.2, 0.25) is 0 Å². The van der Waals surface area contributed by atoms with Crippen molar-refractivity contribution in [3.63, 3.8) is 0 Å². The molecule has 0 bridgehead atoms. The number of amides is 2. The van der Waals surface area contributed by atoms with Crippen molar-refractivity contribution in [1.29, 1.82) is 0 Å². The van der Waals surface area contributed by atoms with Gasteiger partial charge in [-0.05, 0) is 43.6 Å². The third-order valence-electron chi connectivity index (χ3n) is 4.78. The molecule has 2 aliphatic rings. The summed E-state index contributed by atoms with van der Waals surface area (Å²) >= 11 is 0. The van der Waals surface area contributed by atoms with E-state index in [1.807, 2.05) is 11.1 Å². The number of sulfonamides is 1. The number of aromatic nitrogens is 2. The predicted molar refractivity (Wildman–Crippen MR) is 90.1 cm³/mol. The Balaban J connectivity index is 1.50. The standard InChI is InChI=1S/C15H25N5O3S/c1-24(22,23)17-8-11-3-2-6-20(10-11)15(21)18-13-4-5-14-12(7-13)9-16-19-14/h9,11,13,17H,2-8,10H2,1H3,(H,16,19)(H,18,21). The van der Waals surface area contributed by atoms with Crippen molar-refractivity contribution in [2.75, 3.05) is 25.9 Å². The maximum Gasteiger partial charge on any atom is 0.317 e. The van der Waals surface area contributed by atoms with Crippen LogP contribution in [0.4, 0.5) is 4.79 Å². The molecule has 3 N–H and O–H groups in total. The Bertz CT molecular complexity index is 687.